The fourth-order valence-electron chi connectivity index (χ4n) is 2.96. The number of nitrogens with zero attached hydrogens (tertiary/aromatic N) is 3. The molecule has 4 rings (SSSR count). The molecule has 0 aliphatic rings. The lowest BCUT2D eigenvalue weighted by molar-refractivity contribution is 0.0947. The minimum atomic E-state index is -0.384. The van der Waals surface area contributed by atoms with E-state index in [0.717, 1.165) is 0 Å². The summed E-state index contributed by atoms with van der Waals surface area (Å²) in [5, 5.41) is 9.41. The van der Waals surface area contributed by atoms with Gasteiger partial charge in [0.25, 0.3) is 11.5 Å². The number of amides is 1. The Morgan fingerprint density at radius 2 is 1.55 bits per heavy atom. The van der Waals surface area contributed by atoms with E-state index in [4.69, 9.17) is 0 Å². The highest BCUT2D eigenvalue weighted by molar-refractivity contribution is 5.93. The van der Waals surface area contributed by atoms with Crippen molar-refractivity contribution in [2.75, 3.05) is 6.54 Å². The van der Waals surface area contributed by atoms with Crippen LogP contribution in [0.25, 0.3) is 22.5 Å². The van der Waals surface area contributed by atoms with Crippen LogP contribution in [0.2, 0.25) is 0 Å². The summed E-state index contributed by atoms with van der Waals surface area (Å²) in [5.74, 6) is -1.10. The summed E-state index contributed by atoms with van der Waals surface area (Å²) in [7, 11) is 0. The van der Waals surface area contributed by atoms with Crippen molar-refractivity contribution < 1.29 is 13.6 Å². The van der Waals surface area contributed by atoms with Crippen molar-refractivity contribution in [3.05, 3.63) is 94.7 Å². The highest BCUT2D eigenvalue weighted by Gasteiger charge is 2.11. The molecule has 156 valence electrons. The van der Waals surface area contributed by atoms with Crippen molar-refractivity contribution in [2.45, 2.75) is 6.54 Å². The van der Waals surface area contributed by atoms with Gasteiger partial charge in [-0.05, 0) is 54.6 Å². The number of hydrogen-bond acceptors (Lipinski definition) is 4. The molecule has 0 unspecified atom stereocenters. The number of carbonyl (C=O) groups is 1. The fourth-order valence-corrected chi connectivity index (χ4v) is 2.96. The zero-order valence-corrected chi connectivity index (χ0v) is 16.2. The lowest BCUT2D eigenvalue weighted by Gasteiger charge is -2.07. The van der Waals surface area contributed by atoms with Crippen molar-refractivity contribution in [3.8, 4) is 22.5 Å². The summed E-state index contributed by atoms with van der Waals surface area (Å²) in [5.41, 5.74) is 2.23. The second kappa shape index (κ2) is 8.70. The molecule has 0 aliphatic heterocycles. The van der Waals surface area contributed by atoms with Crippen molar-refractivity contribution in [1.82, 2.24) is 25.1 Å². The molecule has 0 aliphatic carbocycles. The molecule has 2 aromatic heterocycles. The van der Waals surface area contributed by atoms with Crippen LogP contribution < -0.4 is 10.9 Å². The highest BCUT2D eigenvalue weighted by atomic mass is 19.1. The average molecular weight is 421 g/mol. The highest BCUT2D eigenvalue weighted by Crippen LogP contribution is 2.18. The summed E-state index contributed by atoms with van der Waals surface area (Å²) in [6.07, 6.45) is 1.38. The first-order chi connectivity index (χ1) is 15.0. The number of aromatic nitrogens is 4. The molecule has 0 saturated carbocycles. The molecule has 0 saturated heterocycles. The molecule has 2 aromatic carbocycles. The standard InChI is InChI=1S/C22H17F2N5O2/c23-16-5-1-14(2-6-16)18-12-21(30)29(13-26-18)10-9-25-22(31)20-11-19(27-28-20)15-3-7-17(24)8-4-15/h1-8,11-13H,9-10H2,(H,25,31)(H,27,28). The van der Waals surface area contributed by atoms with Gasteiger partial charge in [-0.2, -0.15) is 5.10 Å². The van der Waals surface area contributed by atoms with Crippen LogP contribution in [0.5, 0.6) is 0 Å². The number of halogens is 2. The van der Waals surface area contributed by atoms with Gasteiger partial charge in [0.05, 0.1) is 17.7 Å². The van der Waals surface area contributed by atoms with E-state index in [1.54, 1.807) is 30.3 Å². The third-order valence-corrected chi connectivity index (χ3v) is 4.62. The topological polar surface area (TPSA) is 92.7 Å². The van der Waals surface area contributed by atoms with Crippen molar-refractivity contribution in [1.29, 1.82) is 0 Å². The Bertz CT molecular complexity index is 1260. The second-order valence-electron chi connectivity index (χ2n) is 6.74. The number of rotatable bonds is 6. The van der Waals surface area contributed by atoms with E-state index in [0.29, 0.717) is 22.5 Å². The number of carbonyl (C=O) groups excluding carboxylic acids is 1. The number of benzene rings is 2. The van der Waals surface area contributed by atoms with Crippen LogP contribution in [-0.2, 0) is 6.54 Å². The molecule has 0 bridgehead atoms. The van der Waals surface area contributed by atoms with Gasteiger partial charge in [-0.1, -0.05) is 0 Å². The van der Waals surface area contributed by atoms with Crippen LogP contribution in [0.15, 0.2) is 71.8 Å². The molecular formula is C22H17F2N5O2. The normalized spacial score (nSPS) is 10.8. The van der Waals surface area contributed by atoms with E-state index >= 15 is 0 Å². The summed E-state index contributed by atoms with van der Waals surface area (Å²) in [6.45, 7) is 0.418. The monoisotopic (exact) mass is 421 g/mol. The van der Waals surface area contributed by atoms with Gasteiger partial charge in [0.1, 0.15) is 17.3 Å². The lowest BCUT2D eigenvalue weighted by atomic mass is 10.1. The Kier molecular flexibility index (Phi) is 5.65. The largest absolute Gasteiger partial charge is 0.349 e. The van der Waals surface area contributed by atoms with E-state index in [-0.39, 0.29) is 41.9 Å². The van der Waals surface area contributed by atoms with Gasteiger partial charge in [0, 0.05) is 30.3 Å². The first kappa shape index (κ1) is 20.1. The maximum atomic E-state index is 13.0. The number of hydrogen-bond donors (Lipinski definition) is 2. The fraction of sp³-hybridized carbons (Fsp3) is 0.0909. The van der Waals surface area contributed by atoms with E-state index in [2.05, 4.69) is 20.5 Å². The minimum Gasteiger partial charge on any atom is -0.349 e. The molecular weight excluding hydrogens is 404 g/mol. The van der Waals surface area contributed by atoms with Gasteiger partial charge in [0.15, 0.2) is 0 Å². The van der Waals surface area contributed by atoms with E-state index in [9.17, 15) is 18.4 Å². The van der Waals surface area contributed by atoms with Gasteiger partial charge in [-0.3, -0.25) is 19.3 Å². The number of aromatic amines is 1. The van der Waals surface area contributed by atoms with Crippen molar-refractivity contribution >= 4 is 5.91 Å². The quantitative estimate of drug-likeness (QED) is 0.501. The SMILES string of the molecule is O=C(NCCn1cnc(-c2ccc(F)cc2)cc1=O)c1cc(-c2ccc(F)cc2)n[nH]1. The Morgan fingerprint density at radius 3 is 2.16 bits per heavy atom. The maximum absolute atomic E-state index is 13.0. The zero-order chi connectivity index (χ0) is 21.8. The third kappa shape index (κ3) is 4.72. The first-order valence-electron chi connectivity index (χ1n) is 9.41. The molecule has 0 fully saturated rings. The predicted octanol–water partition coefficient (Wildman–Crippen LogP) is 3.01. The van der Waals surface area contributed by atoms with Crippen LogP contribution in [0.4, 0.5) is 8.78 Å². The Labute approximate surface area is 175 Å². The number of H-pyrrole nitrogens is 1. The van der Waals surface area contributed by atoms with E-state index in [1.165, 1.54) is 41.2 Å². The molecule has 4 aromatic rings. The zero-order valence-electron chi connectivity index (χ0n) is 16.2. The second-order valence-corrected chi connectivity index (χ2v) is 6.74. The van der Waals surface area contributed by atoms with Gasteiger partial charge >= 0.3 is 0 Å². The molecule has 31 heavy (non-hydrogen) atoms. The van der Waals surface area contributed by atoms with Crippen LogP contribution in [-0.4, -0.2) is 32.2 Å². The number of nitrogens with one attached hydrogen (secondary N) is 2. The van der Waals surface area contributed by atoms with E-state index < -0.39 is 0 Å². The molecule has 7 nitrogen and oxygen atoms in total. The van der Waals surface area contributed by atoms with Gasteiger partial charge in [-0.25, -0.2) is 13.8 Å². The van der Waals surface area contributed by atoms with Crippen molar-refractivity contribution in [3.63, 3.8) is 0 Å². The predicted molar refractivity (Wildman–Crippen MR) is 110 cm³/mol. The van der Waals surface area contributed by atoms with E-state index in [1.807, 2.05) is 0 Å². The first-order valence-corrected chi connectivity index (χ1v) is 9.41. The minimum absolute atomic E-state index is 0.196. The van der Waals surface area contributed by atoms with Crippen LogP contribution in [0.3, 0.4) is 0 Å². The molecule has 1 amide bonds. The van der Waals surface area contributed by atoms with Gasteiger partial charge in [0.2, 0.25) is 0 Å². The van der Waals surface area contributed by atoms with Crippen LogP contribution in [0.1, 0.15) is 10.5 Å². The average Bonchev–Trinajstić information content (AvgIpc) is 3.26. The Hall–Kier alpha value is -4.14. The summed E-state index contributed by atoms with van der Waals surface area (Å²) in [6, 6.07) is 14.4. The molecule has 0 spiro atoms. The van der Waals surface area contributed by atoms with Gasteiger partial charge < -0.3 is 5.32 Å². The lowest BCUT2D eigenvalue weighted by Crippen LogP contribution is -2.31. The molecule has 0 atom stereocenters. The summed E-state index contributed by atoms with van der Waals surface area (Å²) in [4.78, 5) is 28.8. The molecule has 2 heterocycles. The summed E-state index contributed by atoms with van der Waals surface area (Å²) < 4.78 is 27.4. The van der Waals surface area contributed by atoms with Crippen LogP contribution in [0, 0.1) is 11.6 Å². The smallest absolute Gasteiger partial charge is 0.269 e. The van der Waals surface area contributed by atoms with Crippen LogP contribution >= 0.6 is 0 Å². The molecule has 2 N–H and O–H groups in total. The molecule has 0 radical (unpaired) electrons. The third-order valence-electron chi connectivity index (χ3n) is 4.62. The maximum Gasteiger partial charge on any atom is 0.269 e. The Morgan fingerprint density at radius 1 is 0.935 bits per heavy atom. The summed E-state index contributed by atoms with van der Waals surface area (Å²) >= 11 is 0. The Balaban J connectivity index is 1.36. The molecule has 9 heteroatoms. The van der Waals surface area contributed by atoms with Gasteiger partial charge in [-0.15, -0.1) is 0 Å². The van der Waals surface area contributed by atoms with Crippen molar-refractivity contribution in [2.24, 2.45) is 0 Å².